The molecule has 0 radical (unpaired) electrons. The molecule has 1 fully saturated rings. The molecule has 2 N–H and O–H groups in total. The van der Waals surface area contributed by atoms with Crippen LogP contribution in [0.15, 0.2) is 0 Å². The molecule has 0 amide bonds. The lowest BCUT2D eigenvalue weighted by Gasteiger charge is -2.37. The van der Waals surface area contributed by atoms with Crippen LogP contribution in [-0.4, -0.2) is 41.4 Å². The minimum absolute atomic E-state index is 0.0857. The van der Waals surface area contributed by atoms with Gasteiger partial charge in [0.2, 0.25) is 0 Å². The normalized spacial score (nSPS) is 45.8. The van der Waals surface area contributed by atoms with E-state index in [1.807, 2.05) is 13.8 Å². The molecule has 0 bridgehead atoms. The second-order valence-electron chi connectivity index (χ2n) is 3.35. The number of hydrogen-bond acceptors (Lipinski definition) is 2. The number of rotatable bonds is 1. The highest BCUT2D eigenvalue weighted by Crippen LogP contribution is 2.26. The van der Waals surface area contributed by atoms with E-state index in [0.29, 0.717) is 6.61 Å². The first-order chi connectivity index (χ1) is 5.10. The predicted octanol–water partition coefficient (Wildman–Crippen LogP) is 0.0726. The highest BCUT2D eigenvalue weighted by atomic mass is 16.5. The van der Waals surface area contributed by atoms with E-state index < -0.39 is 6.10 Å². The number of ether oxygens (including phenoxy) is 2. The molecular weight excluding hydrogens is 144 g/mol. The van der Waals surface area contributed by atoms with Gasteiger partial charge in [-0.1, -0.05) is 0 Å². The zero-order valence-electron chi connectivity index (χ0n) is 7.37. The van der Waals surface area contributed by atoms with Crippen LogP contribution in [0.3, 0.4) is 0 Å². The molecule has 0 aliphatic carbocycles. The Morgan fingerprint density at radius 1 is 1.64 bits per heavy atom. The lowest BCUT2D eigenvalue weighted by atomic mass is 9.89. The van der Waals surface area contributed by atoms with Gasteiger partial charge in [0.25, 0.3) is 0 Å². The van der Waals surface area contributed by atoms with Gasteiger partial charge in [-0.05, 0) is 6.92 Å². The maximum absolute atomic E-state index is 9.68. The first kappa shape index (κ1) is 8.97. The molecule has 3 atom stereocenters. The summed E-state index contributed by atoms with van der Waals surface area (Å²) in [6.45, 7) is 4.55. The Bertz CT molecular complexity index is 137. The van der Waals surface area contributed by atoms with Crippen molar-refractivity contribution in [1.29, 1.82) is 0 Å². The van der Waals surface area contributed by atoms with E-state index in [4.69, 9.17) is 4.74 Å². The van der Waals surface area contributed by atoms with Gasteiger partial charge < -0.3 is 14.6 Å². The summed E-state index contributed by atoms with van der Waals surface area (Å²) in [5.41, 5.74) is -0.294. The molecule has 0 aromatic carbocycles. The van der Waals surface area contributed by atoms with Gasteiger partial charge in [-0.3, -0.25) is 0 Å². The number of aliphatic hydroxyl groups is 3. The molecule has 0 aromatic rings. The van der Waals surface area contributed by atoms with Crippen molar-refractivity contribution in [3.8, 4) is 0 Å². The van der Waals surface area contributed by atoms with Crippen LogP contribution in [0.5, 0.6) is 0 Å². The van der Waals surface area contributed by atoms with Crippen LogP contribution in [0.25, 0.3) is 0 Å². The molecular formula is C8H17O3+. The zero-order chi connectivity index (χ0) is 8.48. The van der Waals surface area contributed by atoms with Crippen LogP contribution in [0.4, 0.5) is 0 Å². The van der Waals surface area contributed by atoms with Crippen LogP contribution in [0, 0.1) is 0 Å². The van der Waals surface area contributed by atoms with Crippen molar-refractivity contribution in [1.82, 2.24) is 0 Å². The number of hydrogen-bond donors (Lipinski definition) is 1. The zero-order valence-corrected chi connectivity index (χ0v) is 7.37. The SMILES string of the molecule is C[OH+]C1(C)CCOC(C)[C@@H]1O. The lowest BCUT2D eigenvalue weighted by Crippen LogP contribution is -2.54. The molecule has 1 heterocycles. The first-order valence-electron chi connectivity index (χ1n) is 4.01. The average molecular weight is 161 g/mol. The summed E-state index contributed by atoms with van der Waals surface area (Å²) in [7, 11) is 1.75. The van der Waals surface area contributed by atoms with Crippen LogP contribution < -0.4 is 0 Å². The fraction of sp³-hybridized carbons (Fsp3) is 1.00. The highest BCUT2D eigenvalue weighted by Gasteiger charge is 2.44. The Kier molecular flexibility index (Phi) is 2.52. The second kappa shape index (κ2) is 3.09. The molecule has 1 aliphatic heterocycles. The van der Waals surface area contributed by atoms with Crippen molar-refractivity contribution < 1.29 is 14.6 Å². The third-order valence-corrected chi connectivity index (χ3v) is 2.58. The smallest absolute Gasteiger partial charge is 0.192 e. The first-order valence-corrected chi connectivity index (χ1v) is 4.01. The van der Waals surface area contributed by atoms with Crippen molar-refractivity contribution >= 4 is 0 Å². The van der Waals surface area contributed by atoms with Gasteiger partial charge in [-0.25, -0.2) is 0 Å². The fourth-order valence-corrected chi connectivity index (χ4v) is 1.44. The Morgan fingerprint density at radius 2 is 2.27 bits per heavy atom. The molecule has 3 heteroatoms. The molecule has 11 heavy (non-hydrogen) atoms. The van der Waals surface area contributed by atoms with Gasteiger partial charge in [-0.15, -0.1) is 0 Å². The predicted molar refractivity (Wildman–Crippen MR) is 42.6 cm³/mol. The highest BCUT2D eigenvalue weighted by molar-refractivity contribution is 4.89. The fourth-order valence-electron chi connectivity index (χ4n) is 1.44. The summed E-state index contributed by atoms with van der Waals surface area (Å²) in [5.74, 6) is 0. The van der Waals surface area contributed by atoms with Gasteiger partial charge in [-0.2, -0.15) is 0 Å². The van der Waals surface area contributed by atoms with Gasteiger partial charge in [0.1, 0.15) is 7.11 Å². The van der Waals surface area contributed by atoms with E-state index in [-0.39, 0.29) is 11.7 Å². The van der Waals surface area contributed by atoms with Crippen molar-refractivity contribution in [2.75, 3.05) is 13.7 Å². The summed E-state index contributed by atoms with van der Waals surface area (Å²) in [5, 5.41) is 9.68. The third-order valence-electron chi connectivity index (χ3n) is 2.58. The minimum atomic E-state index is -0.457. The van der Waals surface area contributed by atoms with Gasteiger partial charge in [0.05, 0.1) is 12.7 Å². The summed E-state index contributed by atoms with van der Waals surface area (Å²) < 4.78 is 9.46. The molecule has 3 nitrogen and oxygen atoms in total. The summed E-state index contributed by atoms with van der Waals surface area (Å²) in [4.78, 5) is 0. The molecule has 1 aliphatic rings. The molecule has 0 spiro atoms. The van der Waals surface area contributed by atoms with Gasteiger partial charge in [0.15, 0.2) is 11.7 Å². The Labute approximate surface area is 67.3 Å². The molecule has 1 saturated heterocycles. The van der Waals surface area contributed by atoms with Crippen LogP contribution in [0.2, 0.25) is 0 Å². The van der Waals surface area contributed by atoms with E-state index in [0.717, 1.165) is 6.42 Å². The summed E-state index contributed by atoms with van der Waals surface area (Å²) in [6, 6.07) is 0. The molecule has 66 valence electrons. The summed E-state index contributed by atoms with van der Waals surface area (Å²) >= 11 is 0. The molecule has 0 saturated carbocycles. The third kappa shape index (κ3) is 1.55. The van der Waals surface area contributed by atoms with Crippen molar-refractivity contribution in [2.24, 2.45) is 0 Å². The van der Waals surface area contributed by atoms with Crippen molar-refractivity contribution in [3.05, 3.63) is 0 Å². The minimum Gasteiger partial charge on any atom is -0.430 e. The standard InChI is InChI=1S/C8H16O3/c1-6-7(9)8(2,10-3)4-5-11-6/h6-7,9H,4-5H2,1-3H3/p+1/t6?,7-,8?/m0/s1. The number of aliphatic hydroxyl groups excluding tert-OH is 1. The monoisotopic (exact) mass is 161 g/mol. The maximum Gasteiger partial charge on any atom is 0.192 e. The Balaban J connectivity index is 2.64. The van der Waals surface area contributed by atoms with E-state index in [1.54, 1.807) is 7.11 Å². The Morgan fingerprint density at radius 3 is 2.73 bits per heavy atom. The van der Waals surface area contributed by atoms with E-state index >= 15 is 0 Å². The lowest BCUT2D eigenvalue weighted by molar-refractivity contribution is -0.253. The van der Waals surface area contributed by atoms with Crippen molar-refractivity contribution in [2.45, 2.75) is 38.1 Å². The van der Waals surface area contributed by atoms with Crippen LogP contribution in [-0.2, 0) is 4.74 Å². The quantitative estimate of drug-likeness (QED) is 0.553. The second-order valence-corrected chi connectivity index (χ2v) is 3.35. The van der Waals surface area contributed by atoms with E-state index in [1.165, 1.54) is 0 Å². The van der Waals surface area contributed by atoms with Crippen LogP contribution >= 0.6 is 0 Å². The summed E-state index contributed by atoms with van der Waals surface area (Å²) in [6.07, 6.45) is 0.272. The Hall–Kier alpha value is -0.120. The average Bonchev–Trinajstić information content (AvgIpc) is 2.00. The molecule has 1 rings (SSSR count). The van der Waals surface area contributed by atoms with Gasteiger partial charge in [0, 0.05) is 13.3 Å². The molecule has 0 aromatic heterocycles. The van der Waals surface area contributed by atoms with Gasteiger partial charge >= 0.3 is 0 Å². The maximum atomic E-state index is 9.68. The van der Waals surface area contributed by atoms with Crippen molar-refractivity contribution in [3.63, 3.8) is 0 Å². The van der Waals surface area contributed by atoms with Crippen LogP contribution in [0.1, 0.15) is 20.3 Å². The molecule has 2 unspecified atom stereocenters. The van der Waals surface area contributed by atoms with E-state index in [9.17, 15) is 5.11 Å². The topological polar surface area (TPSA) is 42.3 Å². The van der Waals surface area contributed by atoms with E-state index in [2.05, 4.69) is 4.74 Å². The largest absolute Gasteiger partial charge is 0.430 e.